The van der Waals surface area contributed by atoms with Gasteiger partial charge in [-0.2, -0.15) is 26.7 Å². The zero-order chi connectivity index (χ0) is 32.1. The van der Waals surface area contributed by atoms with E-state index in [4.69, 9.17) is 20.0 Å². The Hall–Kier alpha value is -2.45. The molecule has 2 heterocycles. The Labute approximate surface area is 250 Å². The number of rotatable bonds is 9. The summed E-state index contributed by atoms with van der Waals surface area (Å²) in [6, 6.07) is 1.09. The molecule has 0 bridgehead atoms. The fourth-order valence-electron chi connectivity index (χ4n) is 5.12. The SMILES string of the molecule is CCn1nc(C(=O)NCC2(O)CCC(C)CC2)c(Cl)c1-c1cnc(CC(C)(C)CC(F)(F)F)cc1C(C)(F)F.O=S=O. The van der Waals surface area contributed by atoms with Crippen LogP contribution >= 0.6 is 11.6 Å². The summed E-state index contributed by atoms with van der Waals surface area (Å²) < 4.78 is 86.5. The van der Waals surface area contributed by atoms with Gasteiger partial charge in [-0.05, 0) is 56.4 Å². The first-order valence-corrected chi connectivity index (χ1v) is 14.4. The van der Waals surface area contributed by atoms with Gasteiger partial charge in [0.25, 0.3) is 11.8 Å². The highest BCUT2D eigenvalue weighted by Gasteiger charge is 2.38. The molecule has 2 aromatic rings. The number of aryl methyl sites for hydroxylation is 1. The minimum atomic E-state index is -4.41. The summed E-state index contributed by atoms with van der Waals surface area (Å²) in [6.45, 7) is 7.48. The maximum Gasteiger partial charge on any atom is 0.389 e. The molecule has 8 nitrogen and oxygen atoms in total. The Kier molecular flexibility index (Phi) is 11.8. The van der Waals surface area contributed by atoms with E-state index in [1.165, 1.54) is 18.5 Å². The molecule has 2 N–H and O–H groups in total. The number of carbonyl (C=O) groups is 1. The second-order valence-electron chi connectivity index (χ2n) is 11.7. The fraction of sp³-hybridized carbons (Fsp3) is 0.667. The van der Waals surface area contributed by atoms with E-state index in [1.54, 1.807) is 6.92 Å². The van der Waals surface area contributed by atoms with Crippen molar-refractivity contribution in [3.63, 3.8) is 0 Å². The molecule has 0 aliphatic heterocycles. The molecule has 0 saturated heterocycles. The number of hydrogen-bond donors (Lipinski definition) is 2. The van der Waals surface area contributed by atoms with E-state index < -0.39 is 52.6 Å². The molecule has 2 aromatic heterocycles. The van der Waals surface area contributed by atoms with Gasteiger partial charge in [0.05, 0.1) is 16.3 Å². The molecule has 1 fully saturated rings. The third-order valence-corrected chi connectivity index (χ3v) is 7.58. The van der Waals surface area contributed by atoms with Crippen LogP contribution < -0.4 is 5.32 Å². The normalized spacial score (nSPS) is 19.6. The molecule has 1 aliphatic rings. The lowest BCUT2D eigenvalue weighted by Crippen LogP contribution is -2.45. The molecule has 0 unspecified atom stereocenters. The molecule has 1 amide bonds. The van der Waals surface area contributed by atoms with Crippen LogP contribution in [0, 0.1) is 11.3 Å². The first-order chi connectivity index (χ1) is 19.3. The highest BCUT2D eigenvalue weighted by molar-refractivity contribution is 7.51. The van der Waals surface area contributed by atoms with Crippen LogP contribution in [0.15, 0.2) is 12.3 Å². The smallest absolute Gasteiger partial charge is 0.388 e. The molecule has 0 atom stereocenters. The zero-order valence-electron chi connectivity index (χ0n) is 24.1. The van der Waals surface area contributed by atoms with Crippen LogP contribution in [0.25, 0.3) is 11.3 Å². The van der Waals surface area contributed by atoms with E-state index in [1.807, 2.05) is 0 Å². The molecule has 236 valence electrons. The van der Waals surface area contributed by atoms with Gasteiger partial charge in [-0.15, -0.1) is 0 Å². The van der Waals surface area contributed by atoms with Gasteiger partial charge in [0, 0.05) is 49.5 Å². The van der Waals surface area contributed by atoms with E-state index in [2.05, 4.69) is 22.3 Å². The topological polar surface area (TPSA) is 114 Å². The summed E-state index contributed by atoms with van der Waals surface area (Å²) >= 11 is 5.80. The maximum atomic E-state index is 14.8. The third-order valence-electron chi connectivity index (χ3n) is 7.22. The number of nitrogens with zero attached hydrogens (tertiary/aromatic N) is 3. The van der Waals surface area contributed by atoms with Gasteiger partial charge in [0.1, 0.15) is 0 Å². The monoisotopic (exact) mass is 642 g/mol. The fourth-order valence-corrected chi connectivity index (χ4v) is 5.44. The van der Waals surface area contributed by atoms with E-state index in [0.29, 0.717) is 25.7 Å². The summed E-state index contributed by atoms with van der Waals surface area (Å²) in [5.74, 6) is -3.54. The van der Waals surface area contributed by atoms with Crippen LogP contribution in [0.2, 0.25) is 5.02 Å². The molecule has 1 saturated carbocycles. The quantitative estimate of drug-likeness (QED) is 0.313. The number of aliphatic hydroxyl groups is 1. The number of carbonyl (C=O) groups excluding carboxylic acids is 1. The standard InChI is InChI=1S/C27H36ClF5N4O2.O2S/c1-6-37-22(20(28)21(36-37)23(38)35-15-26(39)9-7-16(2)8-10-26)18-13-34-17(11-19(18)25(5,29)30)12-24(3,4)14-27(31,32)33;1-3-2/h11,13,16,39H,6-10,12,14-15H2,1-5H3,(H,35,38);. The number of alkyl halides is 5. The lowest BCUT2D eigenvalue weighted by atomic mass is 9.79. The van der Waals surface area contributed by atoms with Gasteiger partial charge in [-0.25, -0.2) is 8.78 Å². The zero-order valence-corrected chi connectivity index (χ0v) is 25.7. The lowest BCUT2D eigenvalue weighted by Gasteiger charge is -2.34. The maximum absolute atomic E-state index is 14.8. The minimum Gasteiger partial charge on any atom is -0.388 e. The average Bonchev–Trinajstić information content (AvgIpc) is 3.19. The second kappa shape index (κ2) is 13.9. The predicted molar refractivity (Wildman–Crippen MR) is 148 cm³/mol. The van der Waals surface area contributed by atoms with Crippen LogP contribution in [0.1, 0.15) is 88.5 Å². The second-order valence-corrected chi connectivity index (χ2v) is 12.2. The number of nitrogens with one attached hydrogen (secondary N) is 1. The number of aromatic nitrogens is 3. The highest BCUT2D eigenvalue weighted by Crippen LogP contribution is 2.41. The van der Waals surface area contributed by atoms with Crippen molar-refractivity contribution in [2.45, 2.75) is 97.4 Å². The Balaban J connectivity index is 0.00000197. The molecule has 0 radical (unpaired) electrons. The average molecular weight is 643 g/mol. The Morgan fingerprint density at radius 1 is 1.19 bits per heavy atom. The summed E-state index contributed by atoms with van der Waals surface area (Å²) in [7, 11) is 0. The number of hydrogen-bond acceptors (Lipinski definition) is 6. The third kappa shape index (κ3) is 9.80. The molecule has 0 spiro atoms. The summed E-state index contributed by atoms with van der Waals surface area (Å²) in [5.41, 5.74) is -2.90. The van der Waals surface area contributed by atoms with Crippen molar-refractivity contribution in [1.29, 1.82) is 0 Å². The van der Waals surface area contributed by atoms with Crippen molar-refractivity contribution in [3.8, 4) is 11.3 Å². The van der Waals surface area contributed by atoms with Crippen LogP contribution in [0.5, 0.6) is 0 Å². The molecular formula is C27H36ClF5N4O4S. The molecule has 42 heavy (non-hydrogen) atoms. The van der Waals surface area contributed by atoms with Crippen molar-refractivity contribution < 1.29 is 40.3 Å². The van der Waals surface area contributed by atoms with Crippen molar-refractivity contribution in [2.24, 2.45) is 11.3 Å². The van der Waals surface area contributed by atoms with E-state index in [9.17, 15) is 31.9 Å². The van der Waals surface area contributed by atoms with Crippen molar-refractivity contribution >= 4 is 29.1 Å². The minimum absolute atomic E-state index is 0.00540. The van der Waals surface area contributed by atoms with Gasteiger partial charge in [0.2, 0.25) is 0 Å². The predicted octanol–water partition coefficient (Wildman–Crippen LogP) is 6.25. The Bertz CT molecular complexity index is 1280. The first-order valence-electron chi connectivity index (χ1n) is 13.4. The van der Waals surface area contributed by atoms with Crippen LogP contribution in [0.4, 0.5) is 22.0 Å². The van der Waals surface area contributed by atoms with Crippen LogP contribution in [-0.2, 0) is 30.5 Å². The van der Waals surface area contributed by atoms with Crippen molar-refractivity contribution in [3.05, 3.63) is 34.2 Å². The Morgan fingerprint density at radius 2 is 1.76 bits per heavy atom. The summed E-state index contributed by atoms with van der Waals surface area (Å²) in [5, 5.41) is 17.6. The lowest BCUT2D eigenvalue weighted by molar-refractivity contribution is -0.154. The van der Waals surface area contributed by atoms with Crippen LogP contribution in [0.3, 0.4) is 0 Å². The number of halogens is 6. The molecule has 15 heteroatoms. The van der Waals surface area contributed by atoms with Crippen LogP contribution in [-0.4, -0.2) is 52.5 Å². The van der Waals surface area contributed by atoms with E-state index in [0.717, 1.165) is 25.1 Å². The van der Waals surface area contributed by atoms with Crippen molar-refractivity contribution in [2.75, 3.05) is 6.54 Å². The van der Waals surface area contributed by atoms with E-state index in [-0.39, 0.29) is 47.2 Å². The number of pyridine rings is 1. The van der Waals surface area contributed by atoms with E-state index >= 15 is 0 Å². The molecular weight excluding hydrogens is 607 g/mol. The van der Waals surface area contributed by atoms with Gasteiger partial charge in [-0.1, -0.05) is 32.4 Å². The molecule has 1 aliphatic carbocycles. The first kappa shape index (κ1) is 35.7. The van der Waals surface area contributed by atoms with Gasteiger partial charge >= 0.3 is 17.7 Å². The summed E-state index contributed by atoms with van der Waals surface area (Å²) in [6.07, 6.45) is -1.77. The Morgan fingerprint density at radius 3 is 2.26 bits per heavy atom. The van der Waals surface area contributed by atoms with Gasteiger partial charge in [0.15, 0.2) is 5.69 Å². The molecule has 0 aromatic carbocycles. The number of amides is 1. The van der Waals surface area contributed by atoms with Crippen molar-refractivity contribution in [1.82, 2.24) is 20.1 Å². The van der Waals surface area contributed by atoms with Gasteiger partial charge in [-0.3, -0.25) is 14.5 Å². The highest BCUT2D eigenvalue weighted by atomic mass is 35.5. The largest absolute Gasteiger partial charge is 0.389 e. The molecule has 3 rings (SSSR count). The summed E-state index contributed by atoms with van der Waals surface area (Å²) in [4.78, 5) is 17.2. The van der Waals surface area contributed by atoms with Gasteiger partial charge < -0.3 is 10.4 Å².